The molecule has 0 aliphatic carbocycles. The van der Waals surface area contributed by atoms with Crippen LogP contribution in [0.25, 0.3) is 11.1 Å². The van der Waals surface area contributed by atoms with E-state index in [1.165, 1.54) is 0 Å². The summed E-state index contributed by atoms with van der Waals surface area (Å²) >= 11 is 0. The molecule has 140 valence electrons. The molecule has 2 fully saturated rings. The van der Waals surface area contributed by atoms with Crippen molar-refractivity contribution in [1.82, 2.24) is 14.8 Å². The third-order valence-corrected chi connectivity index (χ3v) is 5.47. The van der Waals surface area contributed by atoms with E-state index in [2.05, 4.69) is 4.98 Å². The molecule has 6 heteroatoms. The monoisotopic (exact) mass is 365 g/mol. The quantitative estimate of drug-likeness (QED) is 0.817. The van der Waals surface area contributed by atoms with Gasteiger partial charge in [-0.3, -0.25) is 14.6 Å². The SMILES string of the molecule is Cc1nccc(-c2ccccc2)c1C(=O)N1C[C@@H]2COC[C@H](C1)N(C)C2=O. The van der Waals surface area contributed by atoms with Crippen molar-refractivity contribution in [1.29, 1.82) is 0 Å². The molecule has 0 saturated carbocycles. The van der Waals surface area contributed by atoms with Gasteiger partial charge in [-0.1, -0.05) is 30.3 Å². The number of rotatable bonds is 2. The Bertz CT molecular complexity index is 868. The molecule has 2 amide bonds. The number of hydrogen-bond acceptors (Lipinski definition) is 4. The summed E-state index contributed by atoms with van der Waals surface area (Å²) < 4.78 is 5.64. The van der Waals surface area contributed by atoms with E-state index in [0.717, 1.165) is 11.1 Å². The van der Waals surface area contributed by atoms with Crippen LogP contribution < -0.4 is 0 Å². The molecule has 3 heterocycles. The zero-order valence-electron chi connectivity index (χ0n) is 15.6. The van der Waals surface area contributed by atoms with Gasteiger partial charge in [0.2, 0.25) is 5.91 Å². The minimum Gasteiger partial charge on any atom is -0.378 e. The normalized spacial score (nSPS) is 22.5. The summed E-state index contributed by atoms with van der Waals surface area (Å²) in [6.07, 6.45) is 1.73. The fraction of sp³-hybridized carbons (Fsp3) is 0.381. The van der Waals surface area contributed by atoms with E-state index in [1.54, 1.807) is 23.0 Å². The first kappa shape index (κ1) is 17.7. The number of pyridine rings is 1. The summed E-state index contributed by atoms with van der Waals surface area (Å²) in [5.74, 6) is -0.331. The first-order valence-corrected chi connectivity index (χ1v) is 9.21. The molecule has 2 bridgehead atoms. The lowest BCUT2D eigenvalue weighted by atomic mass is 9.98. The molecular weight excluding hydrogens is 342 g/mol. The molecule has 0 radical (unpaired) electrons. The van der Waals surface area contributed by atoms with Gasteiger partial charge in [0.15, 0.2) is 0 Å². The van der Waals surface area contributed by atoms with Crippen LogP contribution in [0.4, 0.5) is 0 Å². The van der Waals surface area contributed by atoms with Crippen molar-refractivity contribution in [3.8, 4) is 11.1 Å². The van der Waals surface area contributed by atoms with Crippen molar-refractivity contribution < 1.29 is 14.3 Å². The predicted octanol–water partition coefficient (Wildman–Crippen LogP) is 1.99. The number of carbonyl (C=O) groups is 2. The molecule has 0 spiro atoms. The number of aryl methyl sites for hydroxylation is 1. The molecule has 2 aliphatic rings. The molecule has 2 saturated heterocycles. The van der Waals surface area contributed by atoms with E-state index >= 15 is 0 Å². The Balaban J connectivity index is 1.73. The molecule has 2 aliphatic heterocycles. The van der Waals surface area contributed by atoms with Gasteiger partial charge in [0, 0.05) is 26.3 Å². The van der Waals surface area contributed by atoms with Crippen LogP contribution in [0.3, 0.4) is 0 Å². The Morgan fingerprint density at radius 2 is 1.93 bits per heavy atom. The highest BCUT2D eigenvalue weighted by molar-refractivity contribution is 6.02. The minimum absolute atomic E-state index is 0.0546. The average molecular weight is 365 g/mol. The number of carbonyl (C=O) groups excluding carboxylic acids is 2. The summed E-state index contributed by atoms with van der Waals surface area (Å²) in [5.41, 5.74) is 3.17. The highest BCUT2D eigenvalue weighted by atomic mass is 16.5. The van der Waals surface area contributed by atoms with Crippen molar-refractivity contribution in [2.75, 3.05) is 33.4 Å². The van der Waals surface area contributed by atoms with E-state index < -0.39 is 0 Å². The molecule has 2 aromatic rings. The molecule has 6 nitrogen and oxygen atoms in total. The van der Waals surface area contributed by atoms with Crippen LogP contribution in [0, 0.1) is 12.8 Å². The van der Waals surface area contributed by atoms with Gasteiger partial charge in [0.1, 0.15) is 0 Å². The maximum absolute atomic E-state index is 13.5. The third kappa shape index (κ3) is 3.21. The molecule has 0 N–H and O–H groups in total. The molecule has 27 heavy (non-hydrogen) atoms. The summed E-state index contributed by atoms with van der Waals surface area (Å²) in [6.45, 7) is 3.53. The smallest absolute Gasteiger partial charge is 0.256 e. The Morgan fingerprint density at radius 1 is 1.15 bits per heavy atom. The number of hydrogen-bond donors (Lipinski definition) is 0. The molecule has 0 unspecified atom stereocenters. The van der Waals surface area contributed by atoms with E-state index in [1.807, 2.05) is 43.3 Å². The summed E-state index contributed by atoms with van der Waals surface area (Å²) in [7, 11) is 1.80. The van der Waals surface area contributed by atoms with Crippen molar-refractivity contribution in [2.24, 2.45) is 5.92 Å². The number of benzene rings is 1. The second kappa shape index (κ2) is 7.12. The van der Waals surface area contributed by atoms with Gasteiger partial charge < -0.3 is 14.5 Å². The van der Waals surface area contributed by atoms with Gasteiger partial charge in [-0.25, -0.2) is 0 Å². The minimum atomic E-state index is -0.316. The van der Waals surface area contributed by atoms with Crippen LogP contribution in [0.1, 0.15) is 16.1 Å². The molecule has 1 aromatic carbocycles. The molecule has 1 aromatic heterocycles. The number of nitrogens with zero attached hydrogens (tertiary/aromatic N) is 3. The van der Waals surface area contributed by atoms with Gasteiger partial charge in [0.25, 0.3) is 5.91 Å². The second-order valence-electron chi connectivity index (χ2n) is 7.23. The Kier molecular flexibility index (Phi) is 4.66. The molecule has 4 rings (SSSR count). The number of ether oxygens (including phenoxy) is 1. The third-order valence-electron chi connectivity index (χ3n) is 5.47. The topological polar surface area (TPSA) is 62.7 Å². The highest BCUT2D eigenvalue weighted by Crippen LogP contribution is 2.28. The second-order valence-corrected chi connectivity index (χ2v) is 7.23. The predicted molar refractivity (Wildman–Crippen MR) is 101 cm³/mol. The van der Waals surface area contributed by atoms with Crippen LogP contribution in [0.5, 0.6) is 0 Å². The fourth-order valence-electron chi connectivity index (χ4n) is 3.92. The summed E-state index contributed by atoms with van der Waals surface area (Å²) in [4.78, 5) is 34.0. The van der Waals surface area contributed by atoms with E-state index in [9.17, 15) is 9.59 Å². The highest BCUT2D eigenvalue weighted by Gasteiger charge is 2.39. The van der Waals surface area contributed by atoms with Crippen molar-refractivity contribution in [2.45, 2.75) is 13.0 Å². The van der Waals surface area contributed by atoms with Crippen molar-refractivity contribution >= 4 is 11.8 Å². The van der Waals surface area contributed by atoms with Gasteiger partial charge in [-0.15, -0.1) is 0 Å². The fourth-order valence-corrected chi connectivity index (χ4v) is 3.92. The van der Waals surface area contributed by atoms with Crippen molar-refractivity contribution in [3.05, 3.63) is 53.9 Å². The molecular formula is C21H23N3O3. The first-order valence-electron chi connectivity index (χ1n) is 9.21. The van der Waals surface area contributed by atoms with Gasteiger partial charge in [-0.2, -0.15) is 0 Å². The lowest BCUT2D eigenvalue weighted by Crippen LogP contribution is -2.45. The Morgan fingerprint density at radius 3 is 2.70 bits per heavy atom. The number of likely N-dealkylation sites (N-methyl/N-ethyl adjacent to an activating group) is 1. The Hall–Kier alpha value is -2.73. The van der Waals surface area contributed by atoms with Gasteiger partial charge >= 0.3 is 0 Å². The van der Waals surface area contributed by atoms with Crippen LogP contribution in [-0.2, 0) is 9.53 Å². The summed E-state index contributed by atoms with van der Waals surface area (Å²) in [5, 5.41) is 0. The number of amides is 2. The van der Waals surface area contributed by atoms with Crippen molar-refractivity contribution in [3.63, 3.8) is 0 Å². The lowest BCUT2D eigenvalue weighted by molar-refractivity contribution is -0.133. The Labute approximate surface area is 158 Å². The summed E-state index contributed by atoms with van der Waals surface area (Å²) in [6, 6.07) is 11.6. The van der Waals surface area contributed by atoms with Gasteiger partial charge in [0.05, 0.1) is 36.4 Å². The average Bonchev–Trinajstić information content (AvgIpc) is 2.86. The van der Waals surface area contributed by atoms with Gasteiger partial charge in [-0.05, 0) is 24.1 Å². The molecule has 2 atom stereocenters. The van der Waals surface area contributed by atoms with Crippen LogP contribution in [-0.4, -0.2) is 66.0 Å². The first-order chi connectivity index (χ1) is 13.1. The van der Waals surface area contributed by atoms with Crippen LogP contribution >= 0.6 is 0 Å². The maximum atomic E-state index is 13.5. The lowest BCUT2D eigenvalue weighted by Gasteiger charge is -2.30. The standard InChI is InChI=1S/C21H23N3O3/c1-14-19(18(8-9-22-14)15-6-4-3-5-7-15)21(26)24-10-16-12-27-13-17(11-24)23(2)20(16)25/h3-9,16-17H,10-13H2,1-2H3/t16-,17+/m1/s1. The largest absolute Gasteiger partial charge is 0.378 e. The number of aromatic nitrogens is 1. The zero-order chi connectivity index (χ0) is 19.0. The van der Waals surface area contributed by atoms with E-state index in [4.69, 9.17) is 4.74 Å². The maximum Gasteiger partial charge on any atom is 0.256 e. The van der Waals surface area contributed by atoms with Crippen LogP contribution in [0.2, 0.25) is 0 Å². The van der Waals surface area contributed by atoms with E-state index in [-0.39, 0.29) is 23.8 Å². The van der Waals surface area contributed by atoms with Crippen LogP contribution in [0.15, 0.2) is 42.6 Å². The zero-order valence-corrected chi connectivity index (χ0v) is 15.6. The van der Waals surface area contributed by atoms with E-state index in [0.29, 0.717) is 37.6 Å². The number of fused-ring (bicyclic) bond motifs is 3.